The van der Waals surface area contributed by atoms with E-state index < -0.39 is 11.4 Å². The third kappa shape index (κ3) is 3.84. The Kier molecular flexibility index (Phi) is 5.77. The number of aliphatic carboxylic acids is 1. The quantitative estimate of drug-likeness (QED) is 0.742. The van der Waals surface area contributed by atoms with Gasteiger partial charge in [0.25, 0.3) is 0 Å². The summed E-state index contributed by atoms with van der Waals surface area (Å²) in [5.41, 5.74) is 0.0126. The summed E-state index contributed by atoms with van der Waals surface area (Å²) in [4.78, 5) is 11.4. The van der Waals surface area contributed by atoms with Gasteiger partial charge in [-0.15, -0.1) is 6.58 Å². The standard InChI is InChI=1S/C16H22O4/c1-5-12(2)16(3,15(17)18)11-20-10-13-6-8-14(19-4)9-7-13/h5-9,12H,1,10-11H2,2-4H3,(H,17,18)/t12-,16+/m1/s1. The van der Waals surface area contributed by atoms with Crippen LogP contribution in [-0.4, -0.2) is 24.8 Å². The zero-order valence-corrected chi connectivity index (χ0v) is 12.3. The summed E-state index contributed by atoms with van der Waals surface area (Å²) >= 11 is 0. The lowest BCUT2D eigenvalue weighted by atomic mass is 9.79. The van der Waals surface area contributed by atoms with Crippen LogP contribution in [0.3, 0.4) is 0 Å². The maximum absolute atomic E-state index is 11.4. The largest absolute Gasteiger partial charge is 0.497 e. The second kappa shape index (κ2) is 7.10. The van der Waals surface area contributed by atoms with Crippen LogP contribution in [-0.2, 0) is 16.1 Å². The Morgan fingerprint density at radius 1 is 1.45 bits per heavy atom. The van der Waals surface area contributed by atoms with Crippen LogP contribution in [0, 0.1) is 11.3 Å². The van der Waals surface area contributed by atoms with Crippen LogP contribution in [0.15, 0.2) is 36.9 Å². The van der Waals surface area contributed by atoms with Gasteiger partial charge in [-0.05, 0) is 30.5 Å². The average molecular weight is 278 g/mol. The summed E-state index contributed by atoms with van der Waals surface area (Å²) in [5.74, 6) is -0.264. The highest BCUT2D eigenvalue weighted by molar-refractivity contribution is 5.75. The van der Waals surface area contributed by atoms with Gasteiger partial charge in [0, 0.05) is 0 Å². The van der Waals surface area contributed by atoms with Crippen LogP contribution in [0.2, 0.25) is 0 Å². The van der Waals surface area contributed by atoms with Gasteiger partial charge in [0.2, 0.25) is 0 Å². The van der Waals surface area contributed by atoms with Crippen molar-refractivity contribution in [2.24, 2.45) is 11.3 Å². The molecule has 0 aliphatic heterocycles. The van der Waals surface area contributed by atoms with Gasteiger partial charge in [0.05, 0.1) is 25.7 Å². The first-order valence-corrected chi connectivity index (χ1v) is 6.50. The smallest absolute Gasteiger partial charge is 0.312 e. The van der Waals surface area contributed by atoms with Gasteiger partial charge in [-0.2, -0.15) is 0 Å². The molecule has 0 unspecified atom stereocenters. The molecule has 0 heterocycles. The molecule has 0 aliphatic rings. The van der Waals surface area contributed by atoms with Crippen molar-refractivity contribution in [1.82, 2.24) is 0 Å². The fraction of sp³-hybridized carbons (Fsp3) is 0.438. The molecule has 1 aromatic carbocycles. The van der Waals surface area contributed by atoms with Crippen LogP contribution < -0.4 is 4.74 Å². The van der Waals surface area contributed by atoms with E-state index in [0.29, 0.717) is 6.61 Å². The SMILES string of the molecule is C=C[C@@H](C)[C@](C)(COCc1ccc(OC)cc1)C(=O)O. The summed E-state index contributed by atoms with van der Waals surface area (Å²) < 4.78 is 10.6. The van der Waals surface area contributed by atoms with Crippen molar-refractivity contribution in [3.63, 3.8) is 0 Å². The predicted molar refractivity (Wildman–Crippen MR) is 77.8 cm³/mol. The zero-order chi connectivity index (χ0) is 15.2. The van der Waals surface area contributed by atoms with Crippen molar-refractivity contribution in [1.29, 1.82) is 0 Å². The molecule has 4 heteroatoms. The molecule has 1 aromatic rings. The minimum absolute atomic E-state index is 0.140. The first-order valence-electron chi connectivity index (χ1n) is 6.50. The highest BCUT2D eigenvalue weighted by atomic mass is 16.5. The molecule has 20 heavy (non-hydrogen) atoms. The first kappa shape index (κ1) is 16.2. The lowest BCUT2D eigenvalue weighted by Crippen LogP contribution is -2.38. The van der Waals surface area contributed by atoms with Gasteiger partial charge in [0.15, 0.2) is 0 Å². The normalized spacial score (nSPS) is 15.2. The monoisotopic (exact) mass is 278 g/mol. The zero-order valence-electron chi connectivity index (χ0n) is 12.3. The third-order valence-corrected chi connectivity index (χ3v) is 3.68. The number of carboxylic acid groups (broad SMARTS) is 1. The molecule has 1 N–H and O–H groups in total. The van der Waals surface area contributed by atoms with Gasteiger partial charge in [-0.3, -0.25) is 4.79 Å². The number of carbonyl (C=O) groups is 1. The van der Waals surface area contributed by atoms with E-state index in [1.807, 2.05) is 31.2 Å². The van der Waals surface area contributed by atoms with Crippen molar-refractivity contribution in [2.75, 3.05) is 13.7 Å². The van der Waals surface area contributed by atoms with E-state index in [1.165, 1.54) is 0 Å². The lowest BCUT2D eigenvalue weighted by Gasteiger charge is -2.29. The molecule has 0 amide bonds. The summed E-state index contributed by atoms with van der Waals surface area (Å²) in [7, 11) is 1.61. The van der Waals surface area contributed by atoms with Crippen LogP contribution >= 0.6 is 0 Å². The first-order chi connectivity index (χ1) is 9.43. The minimum Gasteiger partial charge on any atom is -0.497 e. The molecule has 2 atom stereocenters. The van der Waals surface area contributed by atoms with Gasteiger partial charge in [-0.1, -0.05) is 25.1 Å². The number of methoxy groups -OCH3 is 1. The Balaban J connectivity index is 2.60. The van der Waals surface area contributed by atoms with Gasteiger partial charge < -0.3 is 14.6 Å². The molecular formula is C16H22O4. The summed E-state index contributed by atoms with van der Waals surface area (Å²) in [6, 6.07) is 7.49. The Morgan fingerprint density at radius 3 is 2.50 bits per heavy atom. The summed E-state index contributed by atoms with van der Waals surface area (Å²) in [5, 5.41) is 9.36. The van der Waals surface area contributed by atoms with Crippen molar-refractivity contribution < 1.29 is 19.4 Å². The Labute approximate surface area is 120 Å². The minimum atomic E-state index is -0.964. The molecule has 0 aromatic heterocycles. The molecule has 0 radical (unpaired) electrons. The molecule has 110 valence electrons. The lowest BCUT2D eigenvalue weighted by molar-refractivity contribution is -0.154. The predicted octanol–water partition coefficient (Wildman–Crippen LogP) is 3.12. The van der Waals surface area contributed by atoms with Gasteiger partial charge in [-0.25, -0.2) is 0 Å². The third-order valence-electron chi connectivity index (χ3n) is 3.68. The fourth-order valence-corrected chi connectivity index (χ4v) is 1.75. The van der Waals surface area contributed by atoms with E-state index in [2.05, 4.69) is 6.58 Å². The number of ether oxygens (including phenoxy) is 2. The number of rotatable bonds is 8. The molecule has 0 fully saturated rings. The maximum Gasteiger partial charge on any atom is 0.312 e. The Morgan fingerprint density at radius 2 is 2.05 bits per heavy atom. The molecule has 0 bridgehead atoms. The topological polar surface area (TPSA) is 55.8 Å². The molecule has 1 rings (SSSR count). The van der Waals surface area contributed by atoms with Crippen LogP contribution in [0.4, 0.5) is 0 Å². The second-order valence-corrected chi connectivity index (χ2v) is 5.09. The maximum atomic E-state index is 11.4. The van der Waals surface area contributed by atoms with E-state index in [-0.39, 0.29) is 12.5 Å². The Bertz CT molecular complexity index is 452. The molecule has 0 spiro atoms. The highest BCUT2D eigenvalue weighted by Crippen LogP contribution is 2.29. The van der Waals surface area contributed by atoms with Crippen molar-refractivity contribution in [2.45, 2.75) is 20.5 Å². The van der Waals surface area contributed by atoms with E-state index in [9.17, 15) is 9.90 Å². The fourth-order valence-electron chi connectivity index (χ4n) is 1.75. The van der Waals surface area contributed by atoms with Crippen molar-refractivity contribution in [3.05, 3.63) is 42.5 Å². The summed E-state index contributed by atoms with van der Waals surface area (Å²) in [6.45, 7) is 7.68. The van der Waals surface area contributed by atoms with E-state index in [4.69, 9.17) is 9.47 Å². The Hall–Kier alpha value is -1.81. The van der Waals surface area contributed by atoms with Crippen molar-refractivity contribution >= 4 is 5.97 Å². The number of hydrogen-bond acceptors (Lipinski definition) is 3. The number of hydrogen-bond donors (Lipinski definition) is 1. The molecule has 4 nitrogen and oxygen atoms in total. The van der Waals surface area contributed by atoms with E-state index in [0.717, 1.165) is 11.3 Å². The highest BCUT2D eigenvalue weighted by Gasteiger charge is 2.37. The number of allylic oxidation sites excluding steroid dienone is 1. The van der Waals surface area contributed by atoms with Crippen LogP contribution in [0.25, 0.3) is 0 Å². The van der Waals surface area contributed by atoms with Crippen LogP contribution in [0.5, 0.6) is 5.75 Å². The molecule has 0 aliphatic carbocycles. The van der Waals surface area contributed by atoms with Gasteiger partial charge >= 0.3 is 5.97 Å². The van der Waals surface area contributed by atoms with E-state index in [1.54, 1.807) is 20.1 Å². The molecule has 0 saturated heterocycles. The second-order valence-electron chi connectivity index (χ2n) is 5.09. The molecule has 0 saturated carbocycles. The molecular weight excluding hydrogens is 256 g/mol. The number of benzene rings is 1. The van der Waals surface area contributed by atoms with E-state index >= 15 is 0 Å². The van der Waals surface area contributed by atoms with Gasteiger partial charge in [0.1, 0.15) is 5.75 Å². The average Bonchev–Trinajstić information content (AvgIpc) is 2.46. The van der Waals surface area contributed by atoms with Crippen LogP contribution in [0.1, 0.15) is 19.4 Å². The number of carboxylic acids is 1. The van der Waals surface area contributed by atoms with Crippen molar-refractivity contribution in [3.8, 4) is 5.75 Å². The summed E-state index contributed by atoms with van der Waals surface area (Å²) in [6.07, 6.45) is 1.64.